The van der Waals surface area contributed by atoms with Crippen LogP contribution in [0.4, 0.5) is 0 Å². The minimum atomic E-state index is -0.926. The average Bonchev–Trinajstić information content (AvgIpc) is 2.11. The van der Waals surface area contributed by atoms with Crippen LogP contribution in [0.5, 0.6) is 0 Å². The highest BCUT2D eigenvalue weighted by Crippen LogP contribution is 1.92. The number of aliphatic carboxylic acids is 1. The lowest BCUT2D eigenvalue weighted by Crippen LogP contribution is -2.42. The van der Waals surface area contributed by atoms with Crippen LogP contribution in [-0.2, 0) is 9.59 Å². The Morgan fingerprint density at radius 3 is 2.46 bits per heavy atom. The smallest absolute Gasteiger partial charge is 0.308 e. The van der Waals surface area contributed by atoms with Crippen molar-refractivity contribution in [1.82, 2.24) is 5.32 Å². The normalized spacial score (nSPS) is 14.7. The molecule has 0 aromatic heterocycles. The number of nitrogens with two attached hydrogens (primary N) is 1. The fourth-order valence-corrected chi connectivity index (χ4v) is 0.657. The lowest BCUT2D eigenvalue weighted by Gasteiger charge is -2.11. The second kappa shape index (κ2) is 5.53. The zero-order valence-corrected chi connectivity index (χ0v) is 7.91. The standard InChI is InChI=1S/C8H16N2O3/c1-3-6(9)7(11)10-4-5(2)8(12)13/h5-6H,3-4,9H2,1-2H3,(H,10,11)(H,12,13)/t5?,6-/m0/s1. The summed E-state index contributed by atoms with van der Waals surface area (Å²) < 4.78 is 0. The average molecular weight is 188 g/mol. The van der Waals surface area contributed by atoms with Crippen LogP contribution in [0.1, 0.15) is 20.3 Å². The number of carboxylic acid groups (broad SMARTS) is 1. The molecule has 0 bridgehead atoms. The van der Waals surface area contributed by atoms with Crippen molar-refractivity contribution in [1.29, 1.82) is 0 Å². The Morgan fingerprint density at radius 2 is 2.08 bits per heavy atom. The molecule has 1 unspecified atom stereocenters. The van der Waals surface area contributed by atoms with Gasteiger partial charge in [-0.1, -0.05) is 13.8 Å². The lowest BCUT2D eigenvalue weighted by atomic mass is 10.1. The van der Waals surface area contributed by atoms with Gasteiger partial charge >= 0.3 is 5.97 Å². The van der Waals surface area contributed by atoms with E-state index in [0.29, 0.717) is 6.42 Å². The predicted molar refractivity (Wildman–Crippen MR) is 48.1 cm³/mol. The Kier molecular flexibility index (Phi) is 5.06. The first-order chi connectivity index (χ1) is 5.99. The second-order valence-electron chi connectivity index (χ2n) is 3.00. The van der Waals surface area contributed by atoms with Gasteiger partial charge < -0.3 is 16.2 Å². The number of rotatable bonds is 5. The first kappa shape index (κ1) is 11.9. The van der Waals surface area contributed by atoms with Gasteiger partial charge in [0.1, 0.15) is 0 Å². The quantitative estimate of drug-likeness (QED) is 0.545. The van der Waals surface area contributed by atoms with E-state index in [1.807, 2.05) is 0 Å². The summed E-state index contributed by atoms with van der Waals surface area (Å²) in [6.45, 7) is 3.45. The number of hydrogen-bond acceptors (Lipinski definition) is 3. The van der Waals surface area contributed by atoms with Gasteiger partial charge in [-0.25, -0.2) is 0 Å². The summed E-state index contributed by atoms with van der Waals surface area (Å²) in [6.07, 6.45) is 0.549. The molecule has 0 saturated heterocycles. The van der Waals surface area contributed by atoms with Gasteiger partial charge in [-0.3, -0.25) is 9.59 Å². The molecule has 5 nitrogen and oxygen atoms in total. The van der Waals surface area contributed by atoms with Gasteiger partial charge in [-0.05, 0) is 6.42 Å². The molecule has 0 aliphatic rings. The van der Waals surface area contributed by atoms with Gasteiger partial charge in [0.15, 0.2) is 0 Å². The van der Waals surface area contributed by atoms with Gasteiger partial charge in [0.05, 0.1) is 12.0 Å². The lowest BCUT2D eigenvalue weighted by molar-refractivity contribution is -0.141. The first-order valence-electron chi connectivity index (χ1n) is 4.25. The van der Waals surface area contributed by atoms with Gasteiger partial charge in [0.25, 0.3) is 0 Å². The molecule has 0 aromatic carbocycles. The first-order valence-corrected chi connectivity index (χ1v) is 4.25. The van der Waals surface area contributed by atoms with Crippen LogP contribution in [0.15, 0.2) is 0 Å². The molecule has 2 atom stereocenters. The predicted octanol–water partition coefficient (Wildman–Crippen LogP) is -0.439. The fraction of sp³-hybridized carbons (Fsp3) is 0.750. The van der Waals surface area contributed by atoms with Crippen molar-refractivity contribution >= 4 is 11.9 Å². The van der Waals surface area contributed by atoms with E-state index in [2.05, 4.69) is 5.32 Å². The van der Waals surface area contributed by atoms with Crippen LogP contribution in [-0.4, -0.2) is 29.6 Å². The Labute approximate surface area is 77.3 Å². The number of carbonyl (C=O) groups excluding carboxylic acids is 1. The van der Waals surface area contributed by atoms with E-state index >= 15 is 0 Å². The van der Waals surface area contributed by atoms with Crippen LogP contribution in [0.3, 0.4) is 0 Å². The van der Waals surface area contributed by atoms with E-state index in [0.717, 1.165) is 0 Å². The molecule has 0 spiro atoms. The summed E-state index contributed by atoms with van der Waals surface area (Å²) in [4.78, 5) is 21.4. The third kappa shape index (κ3) is 4.47. The maximum absolute atomic E-state index is 11.1. The minimum Gasteiger partial charge on any atom is -0.481 e. The number of hydrogen-bond donors (Lipinski definition) is 3. The van der Waals surface area contributed by atoms with Gasteiger partial charge in [0, 0.05) is 6.54 Å². The van der Waals surface area contributed by atoms with Crippen molar-refractivity contribution < 1.29 is 14.7 Å². The molecule has 0 aromatic rings. The summed E-state index contributed by atoms with van der Waals surface area (Å²) in [6, 6.07) is -0.541. The van der Waals surface area contributed by atoms with Crippen LogP contribution in [0, 0.1) is 5.92 Å². The zero-order chi connectivity index (χ0) is 10.4. The molecule has 0 heterocycles. The number of amides is 1. The highest BCUT2D eigenvalue weighted by atomic mass is 16.4. The molecule has 0 fully saturated rings. The fourth-order valence-electron chi connectivity index (χ4n) is 0.657. The third-order valence-electron chi connectivity index (χ3n) is 1.78. The molecule has 1 amide bonds. The van der Waals surface area contributed by atoms with Crippen molar-refractivity contribution in [3.8, 4) is 0 Å². The molecular weight excluding hydrogens is 172 g/mol. The van der Waals surface area contributed by atoms with E-state index in [1.165, 1.54) is 6.92 Å². The number of nitrogens with one attached hydrogen (secondary N) is 1. The summed E-state index contributed by atoms with van der Waals surface area (Å²) in [5.74, 6) is -1.80. The van der Waals surface area contributed by atoms with E-state index in [1.54, 1.807) is 6.92 Å². The molecule has 0 saturated carbocycles. The topological polar surface area (TPSA) is 92.4 Å². The van der Waals surface area contributed by atoms with Crippen molar-refractivity contribution in [3.05, 3.63) is 0 Å². The maximum Gasteiger partial charge on any atom is 0.308 e. The molecule has 4 N–H and O–H groups in total. The second-order valence-corrected chi connectivity index (χ2v) is 3.00. The number of carbonyl (C=O) groups is 2. The monoisotopic (exact) mass is 188 g/mol. The van der Waals surface area contributed by atoms with Crippen LogP contribution >= 0.6 is 0 Å². The third-order valence-corrected chi connectivity index (χ3v) is 1.78. The SMILES string of the molecule is CC[C@H](N)C(=O)NCC(C)C(=O)O. The van der Waals surface area contributed by atoms with Crippen LogP contribution in [0.2, 0.25) is 0 Å². The molecule has 13 heavy (non-hydrogen) atoms. The molecule has 0 radical (unpaired) electrons. The molecule has 76 valence electrons. The van der Waals surface area contributed by atoms with Crippen LogP contribution < -0.4 is 11.1 Å². The molecule has 0 rings (SSSR count). The zero-order valence-electron chi connectivity index (χ0n) is 7.91. The summed E-state index contributed by atoms with van der Waals surface area (Å²) in [7, 11) is 0. The largest absolute Gasteiger partial charge is 0.481 e. The van der Waals surface area contributed by atoms with Gasteiger partial charge in [-0.2, -0.15) is 0 Å². The Hall–Kier alpha value is -1.10. The van der Waals surface area contributed by atoms with E-state index < -0.39 is 17.9 Å². The summed E-state index contributed by atoms with van der Waals surface area (Å²) >= 11 is 0. The Morgan fingerprint density at radius 1 is 1.54 bits per heavy atom. The van der Waals surface area contributed by atoms with Crippen molar-refractivity contribution in [2.75, 3.05) is 6.54 Å². The molecular formula is C8H16N2O3. The minimum absolute atomic E-state index is 0.127. The van der Waals surface area contributed by atoms with Gasteiger partial charge in [-0.15, -0.1) is 0 Å². The van der Waals surface area contributed by atoms with Crippen molar-refractivity contribution in [2.45, 2.75) is 26.3 Å². The maximum atomic E-state index is 11.1. The van der Waals surface area contributed by atoms with E-state index in [9.17, 15) is 9.59 Å². The highest BCUT2D eigenvalue weighted by molar-refractivity contribution is 5.82. The number of carboxylic acids is 1. The molecule has 0 aliphatic carbocycles. The summed E-state index contributed by atoms with van der Waals surface area (Å²) in [5.41, 5.74) is 5.42. The van der Waals surface area contributed by atoms with Crippen molar-refractivity contribution in [3.63, 3.8) is 0 Å². The van der Waals surface area contributed by atoms with Crippen molar-refractivity contribution in [2.24, 2.45) is 11.7 Å². The summed E-state index contributed by atoms with van der Waals surface area (Å²) in [5, 5.41) is 11.0. The van der Waals surface area contributed by atoms with Gasteiger partial charge in [0.2, 0.25) is 5.91 Å². The van der Waals surface area contributed by atoms with E-state index in [4.69, 9.17) is 10.8 Å². The molecule has 0 aliphatic heterocycles. The Bertz CT molecular complexity index is 194. The highest BCUT2D eigenvalue weighted by Gasteiger charge is 2.14. The van der Waals surface area contributed by atoms with E-state index in [-0.39, 0.29) is 12.5 Å². The molecule has 5 heteroatoms. The van der Waals surface area contributed by atoms with Crippen LogP contribution in [0.25, 0.3) is 0 Å². The Balaban J connectivity index is 3.76.